The Bertz CT molecular complexity index is 1090. The zero-order chi connectivity index (χ0) is 20.8. The monoisotopic (exact) mass is 421 g/mol. The van der Waals surface area contributed by atoms with Crippen LogP contribution in [0.15, 0.2) is 70.1 Å². The van der Waals surface area contributed by atoms with Gasteiger partial charge in [0.2, 0.25) is 5.89 Å². The second-order valence-electron chi connectivity index (χ2n) is 6.12. The number of fused-ring (bicyclic) bond motifs is 1. The van der Waals surface area contributed by atoms with Gasteiger partial charge in [0.15, 0.2) is 6.61 Å². The Kier molecular flexibility index (Phi) is 6.06. The van der Waals surface area contributed by atoms with Crippen molar-refractivity contribution < 1.29 is 23.5 Å². The van der Waals surface area contributed by atoms with E-state index in [0.29, 0.717) is 16.9 Å². The summed E-state index contributed by atoms with van der Waals surface area (Å²) in [5.41, 5.74) is 0.672. The molecule has 30 heavy (non-hydrogen) atoms. The van der Waals surface area contributed by atoms with E-state index in [1.165, 1.54) is 11.8 Å². The Morgan fingerprint density at radius 2 is 2.00 bits per heavy atom. The molecule has 0 fully saturated rings. The highest BCUT2D eigenvalue weighted by molar-refractivity contribution is 7.99. The molecule has 0 bridgehead atoms. The SMILES string of the molecule is O=C(OCC#CCSc1nnc(-c2ccncc2)o1)C1=C[C@@H]2C=CC=C[C@@H]2OC1=O. The number of hydrogen-bond acceptors (Lipinski definition) is 9. The number of esters is 2. The predicted octanol–water partition coefficient (Wildman–Crippen LogP) is 2.36. The number of carbonyl (C=O) groups is 2. The van der Waals surface area contributed by atoms with E-state index in [-0.39, 0.29) is 24.2 Å². The molecule has 0 unspecified atom stereocenters. The van der Waals surface area contributed by atoms with Gasteiger partial charge in [-0.25, -0.2) is 9.59 Å². The van der Waals surface area contributed by atoms with Crippen LogP contribution < -0.4 is 0 Å². The molecule has 8 nitrogen and oxygen atoms in total. The van der Waals surface area contributed by atoms with Crippen molar-refractivity contribution in [2.75, 3.05) is 12.4 Å². The summed E-state index contributed by atoms with van der Waals surface area (Å²) in [4.78, 5) is 28.0. The fourth-order valence-electron chi connectivity index (χ4n) is 2.73. The Morgan fingerprint density at radius 1 is 1.17 bits per heavy atom. The number of hydrogen-bond donors (Lipinski definition) is 0. The van der Waals surface area contributed by atoms with E-state index < -0.39 is 11.9 Å². The summed E-state index contributed by atoms with van der Waals surface area (Å²) in [7, 11) is 0. The van der Waals surface area contributed by atoms with Gasteiger partial charge >= 0.3 is 11.9 Å². The minimum absolute atomic E-state index is 0.109. The van der Waals surface area contributed by atoms with E-state index in [0.717, 1.165) is 5.56 Å². The molecule has 0 spiro atoms. The third-order valence-electron chi connectivity index (χ3n) is 4.17. The van der Waals surface area contributed by atoms with Gasteiger partial charge in [-0.1, -0.05) is 47.9 Å². The molecule has 9 heteroatoms. The van der Waals surface area contributed by atoms with Crippen molar-refractivity contribution in [2.24, 2.45) is 5.92 Å². The van der Waals surface area contributed by atoms with Crippen LogP contribution in [0.5, 0.6) is 0 Å². The average molecular weight is 421 g/mol. The number of aromatic nitrogens is 3. The van der Waals surface area contributed by atoms with Gasteiger partial charge in [0.1, 0.15) is 11.7 Å². The number of pyridine rings is 1. The first-order chi connectivity index (χ1) is 14.7. The molecule has 0 radical (unpaired) electrons. The Labute approximate surface area is 176 Å². The summed E-state index contributed by atoms with van der Waals surface area (Å²) < 4.78 is 15.8. The lowest BCUT2D eigenvalue weighted by molar-refractivity contribution is -0.150. The van der Waals surface area contributed by atoms with Crippen molar-refractivity contribution in [1.29, 1.82) is 0 Å². The van der Waals surface area contributed by atoms with Crippen LogP contribution in [0.25, 0.3) is 11.5 Å². The molecule has 2 aromatic rings. The van der Waals surface area contributed by atoms with Crippen molar-refractivity contribution in [3.8, 4) is 23.3 Å². The first-order valence-corrected chi connectivity index (χ1v) is 9.96. The van der Waals surface area contributed by atoms with Crippen LogP contribution in [0.2, 0.25) is 0 Å². The second-order valence-corrected chi connectivity index (χ2v) is 7.05. The van der Waals surface area contributed by atoms with Gasteiger partial charge in [0.25, 0.3) is 5.22 Å². The summed E-state index contributed by atoms with van der Waals surface area (Å²) in [6.45, 7) is -0.139. The number of ether oxygens (including phenoxy) is 2. The number of allylic oxidation sites excluding steroid dienone is 2. The van der Waals surface area contributed by atoms with Crippen LogP contribution in [0.3, 0.4) is 0 Å². The normalized spacial score (nSPS) is 19.2. The van der Waals surface area contributed by atoms with Gasteiger partial charge in [0, 0.05) is 23.9 Å². The molecule has 4 rings (SSSR count). The summed E-state index contributed by atoms with van der Waals surface area (Å²) in [6, 6.07) is 3.55. The molecule has 150 valence electrons. The molecular weight excluding hydrogens is 406 g/mol. The molecule has 0 saturated carbocycles. The molecule has 2 aliphatic rings. The maximum atomic E-state index is 12.1. The minimum atomic E-state index is -0.748. The van der Waals surface area contributed by atoms with Crippen molar-refractivity contribution in [2.45, 2.75) is 11.3 Å². The van der Waals surface area contributed by atoms with E-state index in [2.05, 4.69) is 27.0 Å². The van der Waals surface area contributed by atoms with Gasteiger partial charge in [-0.05, 0) is 18.2 Å². The lowest BCUT2D eigenvalue weighted by Gasteiger charge is -2.26. The van der Waals surface area contributed by atoms with Crippen LogP contribution in [-0.4, -0.2) is 45.6 Å². The maximum absolute atomic E-state index is 12.1. The minimum Gasteiger partial charge on any atom is -0.453 e. The lowest BCUT2D eigenvalue weighted by Crippen LogP contribution is -2.33. The smallest absolute Gasteiger partial charge is 0.346 e. The summed E-state index contributed by atoms with van der Waals surface area (Å²) in [6.07, 6.45) is 11.7. The highest BCUT2D eigenvalue weighted by Gasteiger charge is 2.33. The maximum Gasteiger partial charge on any atom is 0.346 e. The van der Waals surface area contributed by atoms with Crippen LogP contribution in [0, 0.1) is 17.8 Å². The molecule has 1 aliphatic heterocycles. The summed E-state index contributed by atoms with van der Waals surface area (Å²) >= 11 is 1.27. The Morgan fingerprint density at radius 3 is 2.87 bits per heavy atom. The van der Waals surface area contributed by atoms with Crippen LogP contribution >= 0.6 is 11.8 Å². The summed E-state index contributed by atoms with van der Waals surface area (Å²) in [5, 5.41) is 8.30. The zero-order valence-corrected chi connectivity index (χ0v) is 16.4. The Hall–Kier alpha value is -3.64. The molecule has 2 atom stereocenters. The molecule has 2 aromatic heterocycles. The molecule has 1 aliphatic carbocycles. The van der Waals surface area contributed by atoms with Crippen LogP contribution in [0.1, 0.15) is 0 Å². The highest BCUT2D eigenvalue weighted by Crippen LogP contribution is 2.25. The van der Waals surface area contributed by atoms with Crippen molar-refractivity contribution >= 4 is 23.7 Å². The molecular formula is C21H15N3O5S. The number of carbonyl (C=O) groups excluding carboxylic acids is 2. The Balaban J connectivity index is 1.24. The first kappa shape index (κ1) is 19.7. The quantitative estimate of drug-likeness (QED) is 0.311. The van der Waals surface area contributed by atoms with E-state index >= 15 is 0 Å². The lowest BCUT2D eigenvalue weighted by atomic mass is 9.93. The number of thioether (sulfide) groups is 1. The van der Waals surface area contributed by atoms with Gasteiger partial charge in [-0.15, -0.1) is 10.2 Å². The zero-order valence-electron chi connectivity index (χ0n) is 15.6. The van der Waals surface area contributed by atoms with Crippen LogP contribution in [-0.2, 0) is 19.1 Å². The predicted molar refractivity (Wildman–Crippen MR) is 107 cm³/mol. The van der Waals surface area contributed by atoms with Crippen LogP contribution in [0.4, 0.5) is 0 Å². The van der Waals surface area contributed by atoms with Gasteiger partial charge in [-0.3, -0.25) is 4.98 Å². The molecule has 0 amide bonds. The number of nitrogens with zero attached hydrogens (tertiary/aromatic N) is 3. The largest absolute Gasteiger partial charge is 0.453 e. The topological polar surface area (TPSA) is 104 Å². The highest BCUT2D eigenvalue weighted by atomic mass is 32.2. The third-order valence-corrected chi connectivity index (χ3v) is 4.87. The van der Waals surface area contributed by atoms with Gasteiger partial charge in [-0.2, -0.15) is 0 Å². The average Bonchev–Trinajstić information content (AvgIpc) is 3.25. The molecule has 0 saturated heterocycles. The second kappa shape index (κ2) is 9.24. The third kappa shape index (κ3) is 4.67. The molecule has 0 N–H and O–H groups in total. The van der Waals surface area contributed by atoms with Gasteiger partial charge < -0.3 is 13.9 Å². The van der Waals surface area contributed by atoms with E-state index in [4.69, 9.17) is 13.9 Å². The standard InChI is InChI=1S/C21H15N3O5S/c25-19(16-13-15-5-1-2-6-17(15)28-20(16)26)27-11-3-4-12-30-21-24-23-18(29-21)14-7-9-22-10-8-14/h1-2,5-10,13,15,17H,11-12H2/t15-,17-/m0/s1. The fraction of sp³-hybridized carbons (Fsp3) is 0.190. The van der Waals surface area contributed by atoms with E-state index in [9.17, 15) is 9.59 Å². The summed E-state index contributed by atoms with van der Waals surface area (Å²) in [5.74, 6) is 4.74. The molecule has 3 heterocycles. The van der Waals surface area contributed by atoms with E-state index in [1.807, 2.05) is 12.2 Å². The fourth-order valence-corrected chi connectivity index (χ4v) is 3.26. The van der Waals surface area contributed by atoms with Crippen molar-refractivity contribution in [1.82, 2.24) is 15.2 Å². The van der Waals surface area contributed by atoms with E-state index in [1.54, 1.807) is 42.8 Å². The van der Waals surface area contributed by atoms with Crippen molar-refractivity contribution in [3.05, 3.63) is 60.5 Å². The van der Waals surface area contributed by atoms with Gasteiger partial charge in [0.05, 0.1) is 5.75 Å². The van der Waals surface area contributed by atoms with Crippen molar-refractivity contribution in [3.63, 3.8) is 0 Å². The molecule has 0 aromatic carbocycles. The number of rotatable bonds is 5. The first-order valence-electron chi connectivity index (χ1n) is 8.98.